The van der Waals surface area contributed by atoms with Gasteiger partial charge in [-0.3, -0.25) is 19.2 Å². The zero-order valence-corrected chi connectivity index (χ0v) is 16.7. The number of nitrogens with one attached hydrogen (secondary N) is 2. The van der Waals surface area contributed by atoms with Gasteiger partial charge in [-0.15, -0.1) is 0 Å². The summed E-state index contributed by atoms with van der Waals surface area (Å²) < 4.78 is 5.09. The Bertz CT molecular complexity index is 712. The molecule has 11 heteroatoms. The topological polar surface area (TPSA) is 168 Å². The number of carbonyl (C=O) groups excluding carboxylic acids is 2. The van der Waals surface area contributed by atoms with Crippen LogP contribution in [0.3, 0.4) is 0 Å². The summed E-state index contributed by atoms with van der Waals surface area (Å²) in [6, 6.07) is 5.21. The van der Waals surface area contributed by atoms with Gasteiger partial charge in [0, 0.05) is 17.9 Å². The van der Waals surface area contributed by atoms with Crippen molar-refractivity contribution in [2.75, 3.05) is 19.4 Å². The first kappa shape index (κ1) is 24.2. The highest BCUT2D eigenvalue weighted by atomic mass is 32.2. The van der Waals surface area contributed by atoms with Crippen LogP contribution in [0.1, 0.15) is 18.4 Å². The van der Waals surface area contributed by atoms with Gasteiger partial charge < -0.3 is 31.3 Å². The molecule has 0 fully saturated rings. The number of hydrogen-bond donors (Lipinski definition) is 5. The van der Waals surface area contributed by atoms with E-state index in [2.05, 4.69) is 10.6 Å². The largest absolute Gasteiger partial charge is 0.497 e. The first-order valence-corrected chi connectivity index (χ1v) is 9.86. The first-order valence-electron chi connectivity index (χ1n) is 8.70. The van der Waals surface area contributed by atoms with Crippen LogP contribution in [-0.4, -0.2) is 65.5 Å². The van der Waals surface area contributed by atoms with Crippen LogP contribution in [0.15, 0.2) is 24.3 Å². The molecule has 1 aromatic carbocycles. The molecule has 0 saturated carbocycles. The molecule has 0 aromatic heterocycles. The van der Waals surface area contributed by atoms with E-state index in [1.807, 2.05) is 12.1 Å². The van der Waals surface area contributed by atoms with Gasteiger partial charge in [-0.25, -0.2) is 0 Å². The Kier molecular flexibility index (Phi) is 10.6. The SMILES string of the molecule is COc1ccc(CSCC(NC(=O)CCC(N)C(=O)O)C(=O)NCC(=O)O)cc1. The molecule has 0 aliphatic heterocycles. The van der Waals surface area contributed by atoms with E-state index in [0.717, 1.165) is 11.3 Å². The molecule has 0 aliphatic rings. The Labute approximate surface area is 172 Å². The van der Waals surface area contributed by atoms with Crippen molar-refractivity contribution in [3.8, 4) is 5.75 Å². The van der Waals surface area contributed by atoms with Gasteiger partial charge in [0.25, 0.3) is 0 Å². The molecule has 1 rings (SSSR count). The number of benzene rings is 1. The number of hydrogen-bond acceptors (Lipinski definition) is 7. The van der Waals surface area contributed by atoms with Gasteiger partial charge in [-0.2, -0.15) is 11.8 Å². The molecular weight excluding hydrogens is 402 g/mol. The molecule has 160 valence electrons. The fourth-order valence-corrected chi connectivity index (χ4v) is 3.18. The molecular formula is C18H25N3O7S. The predicted molar refractivity (Wildman–Crippen MR) is 107 cm³/mol. The van der Waals surface area contributed by atoms with Gasteiger partial charge in [0.05, 0.1) is 7.11 Å². The Morgan fingerprint density at radius 1 is 1.17 bits per heavy atom. The van der Waals surface area contributed by atoms with E-state index in [4.69, 9.17) is 20.7 Å². The summed E-state index contributed by atoms with van der Waals surface area (Å²) >= 11 is 1.38. The van der Waals surface area contributed by atoms with Crippen LogP contribution in [0.5, 0.6) is 5.75 Å². The van der Waals surface area contributed by atoms with Gasteiger partial charge in [-0.1, -0.05) is 12.1 Å². The lowest BCUT2D eigenvalue weighted by Crippen LogP contribution is -2.49. The molecule has 6 N–H and O–H groups in total. The number of thioether (sulfide) groups is 1. The smallest absolute Gasteiger partial charge is 0.322 e. The molecule has 2 unspecified atom stereocenters. The Hall–Kier alpha value is -2.79. The number of nitrogens with two attached hydrogens (primary N) is 1. The minimum atomic E-state index is -1.22. The third kappa shape index (κ3) is 9.81. The van der Waals surface area contributed by atoms with Crippen molar-refractivity contribution in [3.05, 3.63) is 29.8 Å². The van der Waals surface area contributed by atoms with Crippen LogP contribution in [-0.2, 0) is 24.9 Å². The van der Waals surface area contributed by atoms with Gasteiger partial charge in [0.2, 0.25) is 11.8 Å². The molecule has 10 nitrogen and oxygen atoms in total. The summed E-state index contributed by atoms with van der Waals surface area (Å²) in [5.74, 6) is -2.12. The quantitative estimate of drug-likeness (QED) is 0.286. The molecule has 0 spiro atoms. The summed E-state index contributed by atoms with van der Waals surface area (Å²) in [6.45, 7) is -0.571. The van der Waals surface area contributed by atoms with Crippen molar-refractivity contribution in [1.29, 1.82) is 0 Å². The highest BCUT2D eigenvalue weighted by molar-refractivity contribution is 7.98. The normalized spacial score (nSPS) is 12.5. The molecule has 0 radical (unpaired) electrons. The number of carboxylic acid groups (broad SMARTS) is 2. The summed E-state index contributed by atoms with van der Waals surface area (Å²) in [4.78, 5) is 45.6. The summed E-state index contributed by atoms with van der Waals surface area (Å²) in [5.41, 5.74) is 6.35. The lowest BCUT2D eigenvalue weighted by atomic mass is 10.1. The third-order valence-corrected chi connectivity index (χ3v) is 4.88. The van der Waals surface area contributed by atoms with E-state index in [9.17, 15) is 19.2 Å². The number of rotatable bonds is 13. The van der Waals surface area contributed by atoms with E-state index in [1.165, 1.54) is 11.8 Å². The van der Waals surface area contributed by atoms with Crippen LogP contribution in [0.2, 0.25) is 0 Å². The molecule has 0 aliphatic carbocycles. The van der Waals surface area contributed by atoms with Gasteiger partial charge in [0.15, 0.2) is 0 Å². The molecule has 2 atom stereocenters. The number of methoxy groups -OCH3 is 1. The molecule has 2 amide bonds. The van der Waals surface area contributed by atoms with E-state index in [1.54, 1.807) is 19.2 Å². The van der Waals surface area contributed by atoms with Crippen molar-refractivity contribution < 1.29 is 34.1 Å². The van der Waals surface area contributed by atoms with Gasteiger partial charge in [0.1, 0.15) is 24.4 Å². The second-order valence-electron chi connectivity index (χ2n) is 6.08. The van der Waals surface area contributed by atoms with Crippen molar-refractivity contribution in [1.82, 2.24) is 10.6 Å². The second kappa shape index (κ2) is 12.6. The zero-order valence-electron chi connectivity index (χ0n) is 15.9. The average molecular weight is 427 g/mol. The molecule has 29 heavy (non-hydrogen) atoms. The maximum atomic E-state index is 12.2. The Balaban J connectivity index is 2.61. The van der Waals surface area contributed by atoms with Crippen LogP contribution < -0.4 is 21.1 Å². The van der Waals surface area contributed by atoms with E-state index in [0.29, 0.717) is 5.75 Å². The minimum absolute atomic E-state index is 0.0797. The summed E-state index contributed by atoms with van der Waals surface area (Å²) in [7, 11) is 1.57. The molecule has 0 saturated heterocycles. The van der Waals surface area contributed by atoms with Gasteiger partial charge in [-0.05, 0) is 24.1 Å². The fraction of sp³-hybridized carbons (Fsp3) is 0.444. The number of carbonyl (C=O) groups is 4. The maximum absolute atomic E-state index is 12.2. The zero-order chi connectivity index (χ0) is 21.8. The van der Waals surface area contributed by atoms with E-state index >= 15 is 0 Å². The average Bonchev–Trinajstić information content (AvgIpc) is 2.69. The fourth-order valence-electron chi connectivity index (χ4n) is 2.16. The minimum Gasteiger partial charge on any atom is -0.497 e. The molecule has 0 heterocycles. The highest BCUT2D eigenvalue weighted by Crippen LogP contribution is 2.17. The number of ether oxygens (including phenoxy) is 1. The monoisotopic (exact) mass is 427 g/mol. The standard InChI is InChI=1S/C18H25N3O7S/c1-28-12-4-2-11(3-5-12)9-29-10-14(17(25)20-8-16(23)24)21-15(22)7-6-13(19)18(26)27/h2-5,13-14H,6-10,19H2,1H3,(H,20,25)(H,21,22)(H,23,24)(H,26,27). The van der Waals surface area contributed by atoms with Crippen molar-refractivity contribution in [2.45, 2.75) is 30.7 Å². The Morgan fingerprint density at radius 2 is 1.83 bits per heavy atom. The van der Waals surface area contributed by atoms with Crippen LogP contribution >= 0.6 is 11.8 Å². The Morgan fingerprint density at radius 3 is 2.38 bits per heavy atom. The predicted octanol–water partition coefficient (Wildman–Crippen LogP) is -0.194. The number of carboxylic acids is 2. The lowest BCUT2D eigenvalue weighted by molar-refractivity contribution is -0.139. The van der Waals surface area contributed by atoms with Crippen LogP contribution in [0, 0.1) is 0 Å². The third-order valence-electron chi connectivity index (χ3n) is 3.78. The summed E-state index contributed by atoms with van der Waals surface area (Å²) in [6.07, 6.45) is -0.247. The highest BCUT2D eigenvalue weighted by Gasteiger charge is 2.22. The van der Waals surface area contributed by atoms with E-state index in [-0.39, 0.29) is 18.6 Å². The maximum Gasteiger partial charge on any atom is 0.322 e. The number of amides is 2. The van der Waals surface area contributed by atoms with E-state index < -0.39 is 42.4 Å². The summed E-state index contributed by atoms with van der Waals surface area (Å²) in [5, 5.41) is 22.2. The van der Waals surface area contributed by atoms with Gasteiger partial charge >= 0.3 is 11.9 Å². The molecule has 0 bridgehead atoms. The number of aliphatic carboxylic acids is 2. The van der Waals surface area contributed by atoms with Crippen LogP contribution in [0.4, 0.5) is 0 Å². The first-order chi connectivity index (χ1) is 13.7. The van der Waals surface area contributed by atoms with Crippen molar-refractivity contribution >= 4 is 35.5 Å². The van der Waals surface area contributed by atoms with Crippen LogP contribution in [0.25, 0.3) is 0 Å². The molecule has 1 aromatic rings. The lowest BCUT2D eigenvalue weighted by Gasteiger charge is -2.18. The van der Waals surface area contributed by atoms with Crippen molar-refractivity contribution in [3.63, 3.8) is 0 Å². The van der Waals surface area contributed by atoms with Crippen molar-refractivity contribution in [2.24, 2.45) is 5.73 Å². The second-order valence-corrected chi connectivity index (χ2v) is 7.11.